The van der Waals surface area contributed by atoms with Crippen LogP contribution in [-0.4, -0.2) is 67.0 Å². The van der Waals surface area contributed by atoms with Gasteiger partial charge >= 0.3 is 5.69 Å². The number of hydrogen-bond donors (Lipinski definition) is 4. The van der Waals surface area contributed by atoms with Gasteiger partial charge in [-0.2, -0.15) is 19.6 Å². The third-order valence-corrected chi connectivity index (χ3v) is 6.04. The molecule has 0 bridgehead atoms. The molecule has 4 aromatic rings. The number of para-hydroxylation sites is 1. The highest BCUT2D eigenvalue weighted by atomic mass is 16.5. The SMILES string of the molecule is O=c1[nH]c(O)c(/C=c2\cnn3c(=NC4CC4)nc(NCc4ccccc4N4CCOCC4)nc23)[nH]1. The number of morpholine rings is 1. The van der Waals surface area contributed by atoms with Gasteiger partial charge in [-0.3, -0.25) is 4.98 Å². The Morgan fingerprint density at radius 1 is 1.20 bits per heavy atom. The van der Waals surface area contributed by atoms with Crippen molar-refractivity contribution < 1.29 is 9.84 Å². The Bertz CT molecular complexity index is 1540. The zero-order valence-electron chi connectivity index (χ0n) is 18.9. The molecule has 0 radical (unpaired) electrons. The molecule has 4 N–H and O–H groups in total. The van der Waals surface area contributed by atoms with Crippen LogP contribution in [0.25, 0.3) is 11.7 Å². The summed E-state index contributed by atoms with van der Waals surface area (Å²) in [6.07, 6.45) is 5.28. The van der Waals surface area contributed by atoms with E-state index < -0.39 is 5.69 Å². The maximum atomic E-state index is 11.5. The number of imidazole rings is 1. The van der Waals surface area contributed by atoms with Gasteiger partial charge < -0.3 is 25.0 Å². The lowest BCUT2D eigenvalue weighted by Gasteiger charge is -2.30. The number of anilines is 2. The molecule has 12 heteroatoms. The van der Waals surface area contributed by atoms with Gasteiger partial charge in [-0.05, 0) is 30.5 Å². The summed E-state index contributed by atoms with van der Waals surface area (Å²) in [4.78, 5) is 32.7. The first kappa shape index (κ1) is 21.4. The van der Waals surface area contributed by atoms with E-state index in [4.69, 9.17) is 9.73 Å². The van der Waals surface area contributed by atoms with Crippen LogP contribution in [0, 0.1) is 0 Å². The fourth-order valence-electron chi connectivity index (χ4n) is 4.11. The monoisotopic (exact) mass is 475 g/mol. The maximum absolute atomic E-state index is 11.5. The number of benzene rings is 1. The number of H-pyrrole nitrogens is 2. The van der Waals surface area contributed by atoms with E-state index in [0.717, 1.165) is 50.4 Å². The number of nitrogens with one attached hydrogen (secondary N) is 3. The average Bonchev–Trinajstić information content (AvgIpc) is 3.51. The Morgan fingerprint density at radius 2 is 2.03 bits per heavy atom. The quantitative estimate of drug-likeness (QED) is 0.302. The number of hydrogen-bond acceptors (Lipinski definition) is 9. The Morgan fingerprint density at radius 3 is 2.80 bits per heavy atom. The Kier molecular flexibility index (Phi) is 5.41. The number of rotatable bonds is 6. The van der Waals surface area contributed by atoms with Crippen molar-refractivity contribution in [2.75, 3.05) is 36.5 Å². The molecule has 0 spiro atoms. The van der Waals surface area contributed by atoms with E-state index in [1.165, 1.54) is 0 Å². The lowest BCUT2D eigenvalue weighted by Crippen LogP contribution is -2.36. The van der Waals surface area contributed by atoms with E-state index in [9.17, 15) is 9.90 Å². The van der Waals surface area contributed by atoms with Crippen LogP contribution in [0.5, 0.6) is 5.88 Å². The summed E-state index contributed by atoms with van der Waals surface area (Å²) in [6.45, 7) is 3.68. The van der Waals surface area contributed by atoms with Gasteiger partial charge in [-0.25, -0.2) is 9.79 Å². The van der Waals surface area contributed by atoms with E-state index in [1.54, 1.807) is 16.8 Å². The number of aromatic hydroxyl groups is 1. The summed E-state index contributed by atoms with van der Waals surface area (Å²) in [6, 6.07) is 8.51. The van der Waals surface area contributed by atoms with Crippen molar-refractivity contribution in [1.82, 2.24) is 29.5 Å². The predicted molar refractivity (Wildman–Crippen MR) is 128 cm³/mol. The van der Waals surface area contributed by atoms with Crippen LogP contribution < -0.4 is 26.7 Å². The van der Waals surface area contributed by atoms with Crippen molar-refractivity contribution in [3.05, 3.63) is 63.0 Å². The largest absolute Gasteiger partial charge is 0.493 e. The lowest BCUT2D eigenvalue weighted by atomic mass is 10.1. The average molecular weight is 476 g/mol. The highest BCUT2D eigenvalue weighted by molar-refractivity contribution is 5.58. The van der Waals surface area contributed by atoms with Gasteiger partial charge in [0.2, 0.25) is 11.8 Å². The highest BCUT2D eigenvalue weighted by Gasteiger charge is 2.21. The minimum Gasteiger partial charge on any atom is -0.493 e. The van der Waals surface area contributed by atoms with Crippen molar-refractivity contribution in [3.8, 4) is 5.88 Å². The smallest absolute Gasteiger partial charge is 0.326 e. The minimum atomic E-state index is -0.495. The minimum absolute atomic E-state index is 0.240. The second kappa shape index (κ2) is 8.87. The van der Waals surface area contributed by atoms with Crippen molar-refractivity contribution in [1.29, 1.82) is 0 Å². The van der Waals surface area contributed by atoms with Crippen LogP contribution in [0.4, 0.5) is 11.6 Å². The fraction of sp³-hybridized carbons (Fsp3) is 0.348. The summed E-state index contributed by atoms with van der Waals surface area (Å²) < 4.78 is 7.08. The van der Waals surface area contributed by atoms with E-state index in [1.807, 2.05) is 12.1 Å². The van der Waals surface area contributed by atoms with Gasteiger partial charge in [0.1, 0.15) is 5.69 Å². The van der Waals surface area contributed by atoms with Crippen LogP contribution in [0.1, 0.15) is 24.1 Å². The summed E-state index contributed by atoms with van der Waals surface area (Å²) in [5, 5.41) is 18.3. The van der Waals surface area contributed by atoms with Gasteiger partial charge in [0.25, 0.3) is 5.62 Å². The van der Waals surface area contributed by atoms with Crippen molar-refractivity contribution in [3.63, 3.8) is 0 Å². The first-order valence-corrected chi connectivity index (χ1v) is 11.6. The molecule has 2 aliphatic rings. The summed E-state index contributed by atoms with van der Waals surface area (Å²) in [5.41, 5.74) is 3.03. The molecule has 1 aromatic carbocycles. The lowest BCUT2D eigenvalue weighted by molar-refractivity contribution is 0.122. The number of ether oxygens (including phenoxy) is 1. The number of nitrogens with zero attached hydrogens (tertiary/aromatic N) is 6. The van der Waals surface area contributed by atoms with Crippen LogP contribution in [0.2, 0.25) is 0 Å². The van der Waals surface area contributed by atoms with E-state index in [2.05, 4.69) is 47.4 Å². The molecule has 35 heavy (non-hydrogen) atoms. The van der Waals surface area contributed by atoms with Gasteiger partial charge in [0.05, 0.1) is 25.5 Å². The molecule has 4 heterocycles. The zero-order valence-corrected chi connectivity index (χ0v) is 18.9. The summed E-state index contributed by atoms with van der Waals surface area (Å²) >= 11 is 0. The zero-order chi connectivity index (χ0) is 23.8. The van der Waals surface area contributed by atoms with Gasteiger partial charge in [0.15, 0.2) is 5.65 Å². The van der Waals surface area contributed by atoms with Crippen LogP contribution >= 0.6 is 0 Å². The number of aromatic amines is 2. The third-order valence-electron chi connectivity index (χ3n) is 6.04. The second-order valence-corrected chi connectivity index (χ2v) is 8.61. The van der Waals surface area contributed by atoms with Gasteiger partial charge in [0, 0.05) is 30.5 Å². The molecule has 12 nitrogen and oxygen atoms in total. The molecule has 0 amide bonds. The molecule has 1 saturated carbocycles. The van der Waals surface area contributed by atoms with E-state index >= 15 is 0 Å². The topological polar surface area (TPSA) is 149 Å². The molecule has 180 valence electrons. The summed E-state index contributed by atoms with van der Waals surface area (Å²) in [7, 11) is 0. The third kappa shape index (κ3) is 4.47. The fourth-order valence-corrected chi connectivity index (χ4v) is 4.11. The molecular weight excluding hydrogens is 450 g/mol. The number of fused-ring (bicyclic) bond motifs is 1. The molecular formula is C23H25N9O3. The Balaban J connectivity index is 1.37. The molecule has 0 unspecified atom stereocenters. The van der Waals surface area contributed by atoms with Gasteiger partial charge in [-0.15, -0.1) is 0 Å². The van der Waals surface area contributed by atoms with Crippen molar-refractivity contribution in [2.45, 2.75) is 25.4 Å². The molecule has 1 aliphatic heterocycles. The normalized spacial score (nSPS) is 17.4. The molecule has 1 aliphatic carbocycles. The maximum Gasteiger partial charge on any atom is 0.326 e. The van der Waals surface area contributed by atoms with Crippen LogP contribution in [0.3, 0.4) is 0 Å². The van der Waals surface area contributed by atoms with Crippen molar-refractivity contribution in [2.24, 2.45) is 4.99 Å². The Hall–Kier alpha value is -4.19. The van der Waals surface area contributed by atoms with Gasteiger partial charge in [-0.1, -0.05) is 18.2 Å². The van der Waals surface area contributed by atoms with E-state index in [0.29, 0.717) is 29.0 Å². The van der Waals surface area contributed by atoms with Crippen molar-refractivity contribution >= 4 is 23.4 Å². The molecule has 2 fully saturated rings. The predicted octanol–water partition coefficient (Wildman–Crippen LogP) is -0.0942. The van der Waals surface area contributed by atoms with Crippen LogP contribution in [-0.2, 0) is 11.3 Å². The molecule has 6 rings (SSSR count). The van der Waals surface area contributed by atoms with E-state index in [-0.39, 0.29) is 17.6 Å². The standard InChI is InChI=1S/C23H25N9O3/c33-20-17(27-23(34)29-20)11-15-13-25-32-19(15)28-21(30-22(32)26-16-5-6-16)24-12-14-3-1-2-4-18(14)31-7-9-35-10-8-31/h1-4,11,13,16,33H,5-10,12H2,(H,24,26,30)(H2,27,29,34)/b15-11+. The number of aromatic nitrogens is 6. The highest BCUT2D eigenvalue weighted by Crippen LogP contribution is 2.23. The second-order valence-electron chi connectivity index (χ2n) is 8.61. The first-order chi connectivity index (χ1) is 17.1. The molecule has 1 saturated heterocycles. The van der Waals surface area contributed by atoms with Crippen LogP contribution in [0.15, 0.2) is 40.2 Å². The molecule has 3 aromatic heterocycles. The molecule has 0 atom stereocenters. The first-order valence-electron chi connectivity index (χ1n) is 11.6. The Labute approximate surface area is 199 Å². The summed E-state index contributed by atoms with van der Waals surface area (Å²) in [5.74, 6) is 0.181.